The van der Waals surface area contributed by atoms with Crippen molar-refractivity contribution in [2.45, 2.75) is 26.8 Å². The predicted octanol–water partition coefficient (Wildman–Crippen LogP) is 0.900. The second kappa shape index (κ2) is 7.81. The van der Waals surface area contributed by atoms with Crippen molar-refractivity contribution in [1.82, 2.24) is 24.9 Å². The number of aryl methyl sites for hydroxylation is 1. The number of aromatic carboxylic acids is 1. The molecule has 2 aromatic heterocycles. The Hall–Kier alpha value is -3.17. The van der Waals surface area contributed by atoms with Gasteiger partial charge in [-0.1, -0.05) is 13.8 Å². The minimum absolute atomic E-state index is 0.103. The highest BCUT2D eigenvalue weighted by Gasteiger charge is 2.24. The van der Waals surface area contributed by atoms with Crippen molar-refractivity contribution >= 4 is 23.5 Å². The number of carbonyl (C=O) groups is 3. The van der Waals surface area contributed by atoms with E-state index in [1.165, 1.54) is 30.1 Å². The molecule has 0 radical (unpaired) electrons. The first-order valence-corrected chi connectivity index (χ1v) is 8.10. The van der Waals surface area contributed by atoms with Crippen LogP contribution in [0.2, 0.25) is 0 Å². The summed E-state index contributed by atoms with van der Waals surface area (Å²) < 4.78 is 2.47. The third-order valence-corrected chi connectivity index (χ3v) is 3.72. The van der Waals surface area contributed by atoms with E-state index < -0.39 is 17.9 Å². The summed E-state index contributed by atoms with van der Waals surface area (Å²) in [6, 6.07) is 0.420. The Morgan fingerprint density at radius 3 is 2.54 bits per heavy atom. The number of hydrogen-bond donors (Lipinski definition) is 3. The summed E-state index contributed by atoms with van der Waals surface area (Å²) in [4.78, 5) is 36.0. The standard InChI is InChI=1S/C16H22N6O4/c1-9(2)7-17-15(24)13-11(8-19-21(13)4)20-14(23)10(3)22-12(16(25)26)5-6-18-22/h5-6,8-10H,7H2,1-4H3,(H,17,24)(H,20,23)(H,25,26). The van der Waals surface area contributed by atoms with Gasteiger partial charge in [-0.3, -0.25) is 14.3 Å². The van der Waals surface area contributed by atoms with Gasteiger partial charge in [0.15, 0.2) is 0 Å². The zero-order valence-corrected chi connectivity index (χ0v) is 15.1. The van der Waals surface area contributed by atoms with Crippen molar-refractivity contribution in [2.24, 2.45) is 13.0 Å². The van der Waals surface area contributed by atoms with Crippen molar-refractivity contribution in [3.63, 3.8) is 0 Å². The van der Waals surface area contributed by atoms with Crippen molar-refractivity contribution < 1.29 is 19.5 Å². The Morgan fingerprint density at radius 2 is 1.92 bits per heavy atom. The number of nitrogens with one attached hydrogen (secondary N) is 2. The molecule has 26 heavy (non-hydrogen) atoms. The highest BCUT2D eigenvalue weighted by atomic mass is 16.4. The first-order chi connectivity index (χ1) is 12.2. The number of carbonyl (C=O) groups excluding carboxylic acids is 2. The fourth-order valence-corrected chi connectivity index (χ4v) is 2.32. The van der Waals surface area contributed by atoms with Gasteiger partial charge in [0, 0.05) is 19.8 Å². The van der Waals surface area contributed by atoms with Crippen LogP contribution in [0.4, 0.5) is 5.69 Å². The van der Waals surface area contributed by atoms with E-state index in [0.29, 0.717) is 6.54 Å². The molecule has 0 aliphatic carbocycles. The third-order valence-electron chi connectivity index (χ3n) is 3.72. The van der Waals surface area contributed by atoms with Gasteiger partial charge >= 0.3 is 5.97 Å². The molecule has 10 nitrogen and oxygen atoms in total. The van der Waals surface area contributed by atoms with Gasteiger partial charge in [0.2, 0.25) is 5.91 Å². The Bertz CT molecular complexity index is 823. The number of aromatic nitrogens is 4. The molecular weight excluding hydrogens is 340 g/mol. The van der Waals surface area contributed by atoms with Crippen LogP contribution in [0, 0.1) is 5.92 Å². The van der Waals surface area contributed by atoms with Crippen LogP contribution in [-0.2, 0) is 11.8 Å². The SMILES string of the molecule is CC(C)CNC(=O)c1c(NC(=O)C(C)n2nccc2C(=O)O)cnn1C. The Balaban J connectivity index is 2.18. The van der Waals surface area contributed by atoms with Gasteiger partial charge in [-0.2, -0.15) is 10.2 Å². The number of carboxylic acid groups (broad SMARTS) is 1. The van der Waals surface area contributed by atoms with Gasteiger partial charge in [-0.05, 0) is 18.9 Å². The van der Waals surface area contributed by atoms with Gasteiger partial charge in [-0.25, -0.2) is 9.48 Å². The summed E-state index contributed by atoms with van der Waals surface area (Å²) in [6.45, 7) is 5.95. The molecule has 0 fully saturated rings. The van der Waals surface area contributed by atoms with Crippen LogP contribution in [0.15, 0.2) is 18.5 Å². The van der Waals surface area contributed by atoms with E-state index in [1.807, 2.05) is 13.8 Å². The molecule has 2 amide bonds. The Kier molecular flexibility index (Phi) is 5.75. The second-order valence-corrected chi connectivity index (χ2v) is 6.27. The second-order valence-electron chi connectivity index (χ2n) is 6.27. The number of hydrogen-bond acceptors (Lipinski definition) is 5. The summed E-state index contributed by atoms with van der Waals surface area (Å²) in [5.74, 6) is -1.77. The smallest absolute Gasteiger partial charge is 0.354 e. The summed E-state index contributed by atoms with van der Waals surface area (Å²) in [5.41, 5.74) is 0.355. The quantitative estimate of drug-likeness (QED) is 0.671. The number of anilines is 1. The highest BCUT2D eigenvalue weighted by molar-refractivity contribution is 6.03. The molecule has 0 spiro atoms. The lowest BCUT2D eigenvalue weighted by atomic mass is 10.2. The van der Waals surface area contributed by atoms with E-state index in [4.69, 9.17) is 5.11 Å². The third kappa shape index (κ3) is 4.08. The maximum atomic E-state index is 12.5. The van der Waals surface area contributed by atoms with Crippen molar-refractivity contribution in [2.75, 3.05) is 11.9 Å². The summed E-state index contributed by atoms with van der Waals surface area (Å²) >= 11 is 0. The molecule has 0 saturated heterocycles. The van der Waals surface area contributed by atoms with E-state index in [2.05, 4.69) is 20.8 Å². The molecule has 1 atom stereocenters. The molecule has 0 aromatic carbocycles. The van der Waals surface area contributed by atoms with E-state index in [0.717, 1.165) is 4.68 Å². The number of rotatable bonds is 7. The molecule has 0 bridgehead atoms. The first-order valence-electron chi connectivity index (χ1n) is 8.10. The number of nitrogens with zero attached hydrogens (tertiary/aromatic N) is 4. The summed E-state index contributed by atoms with van der Waals surface area (Å²) in [6.07, 6.45) is 2.68. The van der Waals surface area contributed by atoms with Crippen LogP contribution < -0.4 is 10.6 Å². The van der Waals surface area contributed by atoms with Gasteiger partial charge in [-0.15, -0.1) is 0 Å². The van der Waals surface area contributed by atoms with Crippen molar-refractivity contribution in [3.05, 3.63) is 29.8 Å². The lowest BCUT2D eigenvalue weighted by Crippen LogP contribution is -2.31. The van der Waals surface area contributed by atoms with Gasteiger partial charge in [0.05, 0.1) is 11.9 Å². The summed E-state index contributed by atoms with van der Waals surface area (Å²) in [5, 5.41) is 22.4. The van der Waals surface area contributed by atoms with Crippen LogP contribution >= 0.6 is 0 Å². The summed E-state index contributed by atoms with van der Waals surface area (Å²) in [7, 11) is 1.60. The van der Waals surface area contributed by atoms with E-state index in [1.54, 1.807) is 7.05 Å². The van der Waals surface area contributed by atoms with E-state index in [-0.39, 0.29) is 28.9 Å². The first kappa shape index (κ1) is 19.2. The number of carboxylic acids is 1. The fourth-order valence-electron chi connectivity index (χ4n) is 2.32. The highest BCUT2D eigenvalue weighted by Crippen LogP contribution is 2.17. The molecule has 1 unspecified atom stereocenters. The Morgan fingerprint density at radius 1 is 1.23 bits per heavy atom. The lowest BCUT2D eigenvalue weighted by molar-refractivity contribution is -0.119. The molecule has 2 rings (SSSR count). The molecule has 3 N–H and O–H groups in total. The van der Waals surface area contributed by atoms with Gasteiger partial charge in [0.25, 0.3) is 5.91 Å². The normalized spacial score (nSPS) is 12.0. The molecule has 10 heteroatoms. The lowest BCUT2D eigenvalue weighted by Gasteiger charge is -2.15. The maximum absolute atomic E-state index is 12.5. The maximum Gasteiger partial charge on any atom is 0.354 e. The average molecular weight is 362 g/mol. The minimum atomic E-state index is -1.18. The number of amides is 2. The Labute approximate surface area is 150 Å². The van der Waals surface area contributed by atoms with E-state index in [9.17, 15) is 14.4 Å². The van der Waals surface area contributed by atoms with Crippen LogP contribution in [0.5, 0.6) is 0 Å². The van der Waals surface area contributed by atoms with Crippen molar-refractivity contribution in [3.8, 4) is 0 Å². The molecule has 0 aliphatic rings. The minimum Gasteiger partial charge on any atom is -0.477 e. The topological polar surface area (TPSA) is 131 Å². The van der Waals surface area contributed by atoms with Crippen molar-refractivity contribution in [1.29, 1.82) is 0 Å². The predicted molar refractivity (Wildman–Crippen MR) is 92.9 cm³/mol. The van der Waals surface area contributed by atoms with Gasteiger partial charge in [0.1, 0.15) is 17.4 Å². The monoisotopic (exact) mass is 362 g/mol. The molecule has 0 saturated carbocycles. The van der Waals surface area contributed by atoms with Crippen LogP contribution in [0.25, 0.3) is 0 Å². The zero-order valence-electron chi connectivity index (χ0n) is 15.1. The molecule has 140 valence electrons. The molecule has 0 aliphatic heterocycles. The molecular formula is C16H22N6O4. The largest absolute Gasteiger partial charge is 0.477 e. The van der Waals surface area contributed by atoms with E-state index >= 15 is 0 Å². The van der Waals surface area contributed by atoms with Crippen LogP contribution in [0.1, 0.15) is 47.8 Å². The average Bonchev–Trinajstić information content (AvgIpc) is 3.19. The van der Waals surface area contributed by atoms with Crippen LogP contribution in [-0.4, -0.2) is 49.0 Å². The zero-order chi connectivity index (χ0) is 19.4. The molecule has 2 heterocycles. The van der Waals surface area contributed by atoms with Gasteiger partial charge < -0.3 is 15.7 Å². The molecule has 2 aromatic rings. The van der Waals surface area contributed by atoms with Crippen LogP contribution in [0.3, 0.4) is 0 Å². The fraction of sp³-hybridized carbons (Fsp3) is 0.438.